The molecule has 0 bridgehead atoms. The normalized spacial score (nSPS) is 10.4. The Morgan fingerprint density at radius 1 is 1.06 bits per heavy atom. The number of nitrogens with one attached hydrogen (secondary N) is 1. The summed E-state index contributed by atoms with van der Waals surface area (Å²) in [7, 11) is 0. The van der Waals surface area contributed by atoms with Crippen molar-refractivity contribution < 1.29 is 10.2 Å². The molecule has 0 aliphatic rings. The van der Waals surface area contributed by atoms with Gasteiger partial charge in [0.05, 0.1) is 5.69 Å². The highest BCUT2D eigenvalue weighted by molar-refractivity contribution is 5.38. The van der Waals surface area contributed by atoms with Crippen molar-refractivity contribution in [1.29, 1.82) is 0 Å². The summed E-state index contributed by atoms with van der Waals surface area (Å²) < 4.78 is 0. The van der Waals surface area contributed by atoms with Gasteiger partial charge in [-0.3, -0.25) is 4.98 Å². The van der Waals surface area contributed by atoms with Crippen molar-refractivity contribution in [1.82, 2.24) is 10.3 Å². The monoisotopic (exact) mass is 230 g/mol. The number of phenolic OH excluding ortho intramolecular Hbond substituents is 2. The van der Waals surface area contributed by atoms with Gasteiger partial charge < -0.3 is 15.5 Å². The van der Waals surface area contributed by atoms with E-state index in [0.29, 0.717) is 13.1 Å². The smallest absolute Gasteiger partial charge is 0.123 e. The molecule has 4 nitrogen and oxygen atoms in total. The van der Waals surface area contributed by atoms with Crippen LogP contribution in [0.25, 0.3) is 0 Å². The lowest BCUT2D eigenvalue weighted by atomic mass is 10.2. The largest absolute Gasteiger partial charge is 0.508 e. The molecule has 0 amide bonds. The van der Waals surface area contributed by atoms with Crippen LogP contribution in [0, 0.1) is 0 Å². The molecule has 17 heavy (non-hydrogen) atoms. The van der Waals surface area contributed by atoms with Gasteiger partial charge in [0.25, 0.3) is 0 Å². The number of hydrogen-bond acceptors (Lipinski definition) is 4. The first-order chi connectivity index (χ1) is 8.25. The third kappa shape index (κ3) is 3.19. The zero-order valence-corrected chi connectivity index (χ0v) is 9.30. The second kappa shape index (κ2) is 5.32. The van der Waals surface area contributed by atoms with Crippen LogP contribution < -0.4 is 5.32 Å². The molecule has 0 aliphatic carbocycles. The second-order valence-corrected chi connectivity index (χ2v) is 3.74. The number of aromatic nitrogens is 1. The topological polar surface area (TPSA) is 65.4 Å². The van der Waals surface area contributed by atoms with Crippen molar-refractivity contribution in [2.45, 2.75) is 13.1 Å². The number of aromatic hydroxyl groups is 2. The SMILES string of the molecule is Oc1ccc(CNCc2ccccn2)c(O)c1. The van der Waals surface area contributed by atoms with Gasteiger partial charge in [-0.2, -0.15) is 0 Å². The van der Waals surface area contributed by atoms with E-state index < -0.39 is 0 Å². The molecule has 0 radical (unpaired) electrons. The van der Waals surface area contributed by atoms with Crippen LogP contribution in [-0.4, -0.2) is 15.2 Å². The molecule has 2 rings (SSSR count). The van der Waals surface area contributed by atoms with Gasteiger partial charge in [0.15, 0.2) is 0 Å². The van der Waals surface area contributed by atoms with Gasteiger partial charge in [-0.05, 0) is 18.2 Å². The van der Waals surface area contributed by atoms with Crippen molar-refractivity contribution in [2.75, 3.05) is 0 Å². The number of nitrogens with zero attached hydrogens (tertiary/aromatic N) is 1. The summed E-state index contributed by atoms with van der Waals surface area (Å²) in [6.07, 6.45) is 1.75. The molecule has 88 valence electrons. The van der Waals surface area contributed by atoms with E-state index >= 15 is 0 Å². The summed E-state index contributed by atoms with van der Waals surface area (Å²) in [5.41, 5.74) is 1.70. The van der Waals surface area contributed by atoms with Gasteiger partial charge in [0, 0.05) is 30.9 Å². The lowest BCUT2D eigenvalue weighted by Crippen LogP contribution is -2.13. The molecule has 0 unspecified atom stereocenters. The first-order valence-corrected chi connectivity index (χ1v) is 5.37. The number of rotatable bonds is 4. The maximum Gasteiger partial charge on any atom is 0.123 e. The average Bonchev–Trinajstić information content (AvgIpc) is 2.33. The molecule has 0 atom stereocenters. The molecule has 0 spiro atoms. The van der Waals surface area contributed by atoms with E-state index in [2.05, 4.69) is 10.3 Å². The summed E-state index contributed by atoms with van der Waals surface area (Å²) >= 11 is 0. The van der Waals surface area contributed by atoms with Gasteiger partial charge in [0.1, 0.15) is 11.5 Å². The maximum atomic E-state index is 9.57. The van der Waals surface area contributed by atoms with E-state index in [1.807, 2.05) is 18.2 Å². The van der Waals surface area contributed by atoms with Crippen LogP contribution in [0.4, 0.5) is 0 Å². The predicted octanol–water partition coefficient (Wildman–Crippen LogP) is 1.78. The Balaban J connectivity index is 1.90. The molecule has 4 heteroatoms. The minimum absolute atomic E-state index is 0.0657. The Morgan fingerprint density at radius 2 is 1.94 bits per heavy atom. The maximum absolute atomic E-state index is 9.57. The zero-order chi connectivity index (χ0) is 12.1. The van der Waals surface area contributed by atoms with E-state index in [0.717, 1.165) is 11.3 Å². The molecule has 2 aromatic rings. The first-order valence-electron chi connectivity index (χ1n) is 5.37. The van der Waals surface area contributed by atoms with Crippen LogP contribution in [0.5, 0.6) is 11.5 Å². The third-order valence-electron chi connectivity index (χ3n) is 2.42. The molecule has 0 aliphatic heterocycles. The summed E-state index contributed by atoms with van der Waals surface area (Å²) in [5, 5.41) is 21.9. The van der Waals surface area contributed by atoms with Gasteiger partial charge >= 0.3 is 0 Å². The van der Waals surface area contributed by atoms with Gasteiger partial charge in [0.2, 0.25) is 0 Å². The zero-order valence-electron chi connectivity index (χ0n) is 9.30. The third-order valence-corrected chi connectivity index (χ3v) is 2.42. The van der Waals surface area contributed by atoms with Crippen molar-refractivity contribution in [3.63, 3.8) is 0 Å². The summed E-state index contributed by atoms with van der Waals surface area (Å²) in [6.45, 7) is 1.17. The number of hydrogen-bond donors (Lipinski definition) is 3. The van der Waals surface area contributed by atoms with Crippen molar-refractivity contribution in [3.8, 4) is 11.5 Å². The van der Waals surface area contributed by atoms with E-state index in [9.17, 15) is 5.11 Å². The Hall–Kier alpha value is -2.07. The van der Waals surface area contributed by atoms with Crippen LogP contribution in [0.2, 0.25) is 0 Å². The Labute approximate surface area is 99.6 Å². The summed E-state index contributed by atoms with van der Waals surface area (Å²) in [5.74, 6) is 0.162. The number of benzene rings is 1. The van der Waals surface area contributed by atoms with Crippen LogP contribution in [0.1, 0.15) is 11.3 Å². The van der Waals surface area contributed by atoms with Gasteiger partial charge in [-0.1, -0.05) is 12.1 Å². The summed E-state index contributed by atoms with van der Waals surface area (Å²) in [4.78, 5) is 4.18. The Kier molecular flexibility index (Phi) is 3.57. The van der Waals surface area contributed by atoms with E-state index in [4.69, 9.17) is 5.11 Å². The minimum atomic E-state index is 0.0657. The van der Waals surface area contributed by atoms with Crippen LogP contribution in [0.15, 0.2) is 42.6 Å². The molecular weight excluding hydrogens is 216 g/mol. The van der Waals surface area contributed by atoms with Crippen molar-refractivity contribution >= 4 is 0 Å². The van der Waals surface area contributed by atoms with Gasteiger partial charge in [-0.15, -0.1) is 0 Å². The Bertz CT molecular complexity index is 486. The van der Waals surface area contributed by atoms with Crippen LogP contribution >= 0.6 is 0 Å². The van der Waals surface area contributed by atoms with E-state index in [1.165, 1.54) is 6.07 Å². The molecule has 0 saturated carbocycles. The standard InChI is InChI=1S/C13H14N2O2/c16-12-5-4-10(13(17)7-12)8-14-9-11-3-1-2-6-15-11/h1-7,14,16-17H,8-9H2. The highest BCUT2D eigenvalue weighted by Crippen LogP contribution is 2.22. The number of pyridine rings is 1. The van der Waals surface area contributed by atoms with Crippen LogP contribution in [-0.2, 0) is 13.1 Å². The highest BCUT2D eigenvalue weighted by Gasteiger charge is 2.01. The predicted molar refractivity (Wildman–Crippen MR) is 64.6 cm³/mol. The molecule has 1 aromatic carbocycles. The van der Waals surface area contributed by atoms with Crippen molar-refractivity contribution in [2.24, 2.45) is 0 Å². The first kappa shape index (κ1) is 11.4. The number of phenols is 2. The molecule has 1 aromatic heterocycles. The lowest BCUT2D eigenvalue weighted by Gasteiger charge is -2.06. The molecule has 1 heterocycles. The fraction of sp³-hybridized carbons (Fsp3) is 0.154. The molecule has 3 N–H and O–H groups in total. The van der Waals surface area contributed by atoms with E-state index in [1.54, 1.807) is 18.3 Å². The molecule has 0 saturated heterocycles. The van der Waals surface area contributed by atoms with Crippen LogP contribution in [0.3, 0.4) is 0 Å². The van der Waals surface area contributed by atoms with E-state index in [-0.39, 0.29) is 11.5 Å². The molecular formula is C13H14N2O2. The molecule has 0 fully saturated rings. The highest BCUT2D eigenvalue weighted by atomic mass is 16.3. The van der Waals surface area contributed by atoms with Gasteiger partial charge in [-0.25, -0.2) is 0 Å². The Morgan fingerprint density at radius 3 is 2.65 bits per heavy atom. The average molecular weight is 230 g/mol. The summed E-state index contributed by atoms with van der Waals surface area (Å²) in [6, 6.07) is 10.3. The van der Waals surface area contributed by atoms with Crippen molar-refractivity contribution in [3.05, 3.63) is 53.9 Å². The minimum Gasteiger partial charge on any atom is -0.508 e. The second-order valence-electron chi connectivity index (χ2n) is 3.74. The lowest BCUT2D eigenvalue weighted by molar-refractivity contribution is 0.443. The fourth-order valence-corrected chi connectivity index (χ4v) is 1.53. The fourth-order valence-electron chi connectivity index (χ4n) is 1.53. The quantitative estimate of drug-likeness (QED) is 0.749.